The monoisotopic (exact) mass is 375 g/mol. The van der Waals surface area contributed by atoms with E-state index in [-0.39, 0.29) is 5.56 Å². The number of hydrogen-bond donors (Lipinski definition) is 2. The average molecular weight is 375 g/mol. The van der Waals surface area contributed by atoms with Crippen LogP contribution in [-0.2, 0) is 0 Å². The number of carbonyl (C=O) groups is 1. The predicted octanol–water partition coefficient (Wildman–Crippen LogP) is 2.09. The van der Waals surface area contributed by atoms with Crippen molar-refractivity contribution in [3.8, 4) is 23.0 Å². The fraction of sp³-hybridized carbons (Fsp3) is 0.176. The number of hydrazone groups is 1. The first-order chi connectivity index (χ1) is 12.9. The molecule has 0 radical (unpaired) electrons. The van der Waals surface area contributed by atoms with Gasteiger partial charge >= 0.3 is 5.69 Å². The Morgan fingerprint density at radius 1 is 1.15 bits per heavy atom. The van der Waals surface area contributed by atoms with E-state index in [1.807, 2.05) is 0 Å². The minimum atomic E-state index is -0.721. The highest BCUT2D eigenvalue weighted by Gasteiger charge is 2.17. The molecule has 0 bridgehead atoms. The Hall–Kier alpha value is -3.82. The van der Waals surface area contributed by atoms with E-state index < -0.39 is 22.3 Å². The van der Waals surface area contributed by atoms with Gasteiger partial charge in [-0.1, -0.05) is 0 Å². The minimum absolute atomic E-state index is 0.207. The van der Waals surface area contributed by atoms with Crippen molar-refractivity contribution < 1.29 is 29.0 Å². The quantitative estimate of drug-likeness (QED) is 0.430. The molecule has 0 aliphatic rings. The van der Waals surface area contributed by atoms with E-state index >= 15 is 0 Å². The molecule has 10 nitrogen and oxygen atoms in total. The van der Waals surface area contributed by atoms with Crippen molar-refractivity contribution >= 4 is 17.8 Å². The molecule has 0 saturated heterocycles. The van der Waals surface area contributed by atoms with E-state index in [0.29, 0.717) is 22.8 Å². The highest BCUT2D eigenvalue weighted by atomic mass is 16.6. The summed E-state index contributed by atoms with van der Waals surface area (Å²) in [5.41, 5.74) is 2.36. The first-order valence-electron chi connectivity index (χ1n) is 7.52. The fourth-order valence-corrected chi connectivity index (χ4v) is 2.21. The third-order valence-electron chi connectivity index (χ3n) is 3.50. The summed E-state index contributed by atoms with van der Waals surface area (Å²) in [7, 11) is 4.30. The van der Waals surface area contributed by atoms with Crippen LogP contribution in [0.2, 0.25) is 0 Å². The van der Waals surface area contributed by atoms with Crippen LogP contribution in [0.15, 0.2) is 35.4 Å². The Morgan fingerprint density at radius 3 is 2.30 bits per heavy atom. The van der Waals surface area contributed by atoms with Crippen molar-refractivity contribution in [2.75, 3.05) is 21.3 Å². The summed E-state index contributed by atoms with van der Waals surface area (Å²) in [4.78, 5) is 22.4. The van der Waals surface area contributed by atoms with E-state index in [9.17, 15) is 20.0 Å². The van der Waals surface area contributed by atoms with Gasteiger partial charge in [-0.2, -0.15) is 5.10 Å². The fourth-order valence-electron chi connectivity index (χ4n) is 2.21. The van der Waals surface area contributed by atoms with Crippen LogP contribution in [0.5, 0.6) is 23.0 Å². The zero-order chi connectivity index (χ0) is 20.0. The maximum atomic E-state index is 12.3. The molecule has 2 N–H and O–H groups in total. The molecular weight excluding hydrogens is 358 g/mol. The summed E-state index contributed by atoms with van der Waals surface area (Å²) >= 11 is 0. The number of methoxy groups -OCH3 is 3. The number of phenolic OH excluding ortho intramolecular Hbond substituents is 1. The van der Waals surface area contributed by atoms with Gasteiger partial charge in [0.05, 0.1) is 32.5 Å². The van der Waals surface area contributed by atoms with Gasteiger partial charge in [0.1, 0.15) is 0 Å². The van der Waals surface area contributed by atoms with Crippen molar-refractivity contribution in [2.24, 2.45) is 5.10 Å². The third-order valence-corrected chi connectivity index (χ3v) is 3.50. The summed E-state index contributed by atoms with van der Waals surface area (Å²) in [6.45, 7) is 0. The maximum absolute atomic E-state index is 12.3. The summed E-state index contributed by atoms with van der Waals surface area (Å²) in [5, 5.41) is 24.0. The number of benzene rings is 2. The van der Waals surface area contributed by atoms with E-state index in [1.54, 1.807) is 0 Å². The summed E-state index contributed by atoms with van der Waals surface area (Å²) < 4.78 is 15.5. The highest BCUT2D eigenvalue weighted by Crippen LogP contribution is 2.38. The lowest BCUT2D eigenvalue weighted by molar-refractivity contribution is -0.385. The molecule has 0 atom stereocenters. The van der Waals surface area contributed by atoms with Crippen LogP contribution in [0.25, 0.3) is 0 Å². The number of ether oxygens (including phenoxy) is 3. The maximum Gasteiger partial charge on any atom is 0.311 e. The third kappa shape index (κ3) is 4.42. The van der Waals surface area contributed by atoms with Crippen LogP contribution in [-0.4, -0.2) is 43.5 Å². The molecule has 2 rings (SSSR count). The predicted molar refractivity (Wildman–Crippen MR) is 95.9 cm³/mol. The van der Waals surface area contributed by atoms with Crippen LogP contribution in [0.4, 0.5) is 5.69 Å². The number of nitro groups is 1. The van der Waals surface area contributed by atoms with Crippen molar-refractivity contribution in [2.45, 2.75) is 0 Å². The number of nitrogens with zero attached hydrogens (tertiary/aromatic N) is 2. The SMILES string of the molecule is COc1cc(C(=O)N/N=C/c2ccc(O)c([N+](=O)[O-])c2)cc(OC)c1OC. The molecular formula is C17H17N3O7. The van der Waals surface area contributed by atoms with E-state index in [2.05, 4.69) is 10.5 Å². The lowest BCUT2D eigenvalue weighted by atomic mass is 10.1. The smallest absolute Gasteiger partial charge is 0.311 e. The normalized spacial score (nSPS) is 10.5. The molecule has 1 amide bonds. The molecule has 0 aliphatic carbocycles. The number of hydrogen-bond acceptors (Lipinski definition) is 8. The van der Waals surface area contributed by atoms with Crippen LogP contribution < -0.4 is 19.6 Å². The first-order valence-corrected chi connectivity index (χ1v) is 7.52. The molecule has 2 aromatic carbocycles. The van der Waals surface area contributed by atoms with Crippen molar-refractivity contribution in [3.05, 3.63) is 51.6 Å². The van der Waals surface area contributed by atoms with E-state index in [1.165, 1.54) is 51.8 Å². The molecule has 10 heteroatoms. The Morgan fingerprint density at radius 2 is 1.78 bits per heavy atom. The van der Waals surface area contributed by atoms with Crippen LogP contribution in [0.1, 0.15) is 15.9 Å². The number of nitrogens with one attached hydrogen (secondary N) is 1. The zero-order valence-corrected chi connectivity index (χ0v) is 14.8. The first kappa shape index (κ1) is 19.5. The van der Waals surface area contributed by atoms with Gasteiger partial charge < -0.3 is 19.3 Å². The number of rotatable bonds is 7. The standard InChI is InChI=1S/C17H17N3O7/c1-25-14-7-11(8-15(26-2)16(14)27-3)17(22)19-18-9-10-4-5-13(21)12(6-10)20(23)24/h4-9,21H,1-3H3,(H,19,22)/b18-9+. The Labute approximate surface area is 154 Å². The van der Waals surface area contributed by atoms with Gasteiger partial charge in [0.15, 0.2) is 17.2 Å². The second-order valence-electron chi connectivity index (χ2n) is 5.12. The number of aromatic hydroxyl groups is 1. The molecule has 0 heterocycles. The molecule has 2 aromatic rings. The minimum Gasteiger partial charge on any atom is -0.502 e. The molecule has 0 unspecified atom stereocenters. The van der Waals surface area contributed by atoms with Crippen LogP contribution in [0, 0.1) is 10.1 Å². The van der Waals surface area contributed by atoms with Crippen molar-refractivity contribution in [1.82, 2.24) is 5.43 Å². The Kier molecular flexibility index (Phi) is 6.15. The van der Waals surface area contributed by atoms with Gasteiger partial charge in [-0.25, -0.2) is 5.43 Å². The lowest BCUT2D eigenvalue weighted by Gasteiger charge is -2.13. The van der Waals surface area contributed by atoms with E-state index in [4.69, 9.17) is 14.2 Å². The molecule has 0 aliphatic heterocycles. The number of nitro benzene ring substituents is 1. The van der Waals surface area contributed by atoms with Crippen LogP contribution >= 0.6 is 0 Å². The Balaban J connectivity index is 2.19. The molecule has 27 heavy (non-hydrogen) atoms. The largest absolute Gasteiger partial charge is 0.502 e. The molecule has 0 fully saturated rings. The summed E-state index contributed by atoms with van der Waals surface area (Å²) in [5.74, 6) is -0.0610. The topological polar surface area (TPSA) is 133 Å². The van der Waals surface area contributed by atoms with Gasteiger partial charge in [0.25, 0.3) is 5.91 Å². The molecule has 142 valence electrons. The zero-order valence-electron chi connectivity index (χ0n) is 14.8. The summed E-state index contributed by atoms with van der Waals surface area (Å²) in [6.07, 6.45) is 1.21. The highest BCUT2D eigenvalue weighted by molar-refractivity contribution is 5.96. The number of carbonyl (C=O) groups excluding carboxylic acids is 1. The Bertz CT molecular complexity index is 871. The molecule has 0 saturated carbocycles. The van der Waals surface area contributed by atoms with Gasteiger partial charge in [-0.05, 0) is 24.3 Å². The van der Waals surface area contributed by atoms with Gasteiger partial charge in [-0.15, -0.1) is 0 Å². The van der Waals surface area contributed by atoms with Crippen LogP contribution in [0.3, 0.4) is 0 Å². The second-order valence-corrected chi connectivity index (χ2v) is 5.12. The number of phenols is 1. The van der Waals surface area contributed by atoms with Crippen molar-refractivity contribution in [3.63, 3.8) is 0 Å². The van der Waals surface area contributed by atoms with Gasteiger partial charge in [0.2, 0.25) is 5.75 Å². The van der Waals surface area contributed by atoms with Crippen molar-refractivity contribution in [1.29, 1.82) is 0 Å². The lowest BCUT2D eigenvalue weighted by Crippen LogP contribution is -2.18. The molecule has 0 aromatic heterocycles. The van der Waals surface area contributed by atoms with Gasteiger partial charge in [-0.3, -0.25) is 14.9 Å². The molecule has 0 spiro atoms. The van der Waals surface area contributed by atoms with E-state index in [0.717, 1.165) is 6.07 Å². The van der Waals surface area contributed by atoms with Gasteiger partial charge in [0, 0.05) is 17.2 Å². The second kappa shape index (κ2) is 8.52. The average Bonchev–Trinajstić information content (AvgIpc) is 2.67. The summed E-state index contributed by atoms with van der Waals surface area (Å²) in [6, 6.07) is 6.62. The number of amides is 1.